The van der Waals surface area contributed by atoms with E-state index in [9.17, 15) is 9.59 Å². The molecule has 2 aromatic carbocycles. The fraction of sp³-hybridized carbons (Fsp3) is 0.227. The van der Waals surface area contributed by atoms with Gasteiger partial charge in [-0.25, -0.2) is 0 Å². The third-order valence-corrected chi connectivity index (χ3v) is 5.63. The van der Waals surface area contributed by atoms with Crippen LogP contribution in [0.1, 0.15) is 39.3 Å². The number of nitrogens with two attached hydrogens (primary N) is 2. The van der Waals surface area contributed by atoms with E-state index in [4.69, 9.17) is 11.5 Å². The molecule has 0 aliphatic carbocycles. The molecule has 0 fully saturated rings. The van der Waals surface area contributed by atoms with E-state index < -0.39 is 6.17 Å². The van der Waals surface area contributed by atoms with Gasteiger partial charge >= 0.3 is 0 Å². The molecule has 2 unspecified atom stereocenters. The van der Waals surface area contributed by atoms with Crippen LogP contribution in [0.3, 0.4) is 0 Å². The summed E-state index contributed by atoms with van der Waals surface area (Å²) in [5, 5.41) is 8.89. The maximum atomic E-state index is 13.0. The first-order valence-corrected chi connectivity index (χ1v) is 10.7. The van der Waals surface area contributed by atoms with E-state index in [-0.39, 0.29) is 17.7 Å². The summed E-state index contributed by atoms with van der Waals surface area (Å²) in [6.45, 7) is 0.394. The van der Waals surface area contributed by atoms with Crippen molar-refractivity contribution in [1.82, 2.24) is 15.6 Å². The Morgan fingerprint density at radius 2 is 1.94 bits per heavy atom. The summed E-state index contributed by atoms with van der Waals surface area (Å²) in [7, 11) is 1.72. The lowest BCUT2D eigenvalue weighted by Crippen LogP contribution is -2.36. The number of nitrogen functional groups attached to an aromatic ring is 1. The van der Waals surface area contributed by atoms with Gasteiger partial charge in [0.1, 0.15) is 11.0 Å². The summed E-state index contributed by atoms with van der Waals surface area (Å²) in [6, 6.07) is 14.7. The zero-order valence-electron chi connectivity index (χ0n) is 17.2. The highest BCUT2D eigenvalue weighted by molar-refractivity contribution is 7.11. The topological polar surface area (TPSA) is 135 Å². The Kier molecular flexibility index (Phi) is 7.71. The average Bonchev–Trinajstić information content (AvgIpc) is 3.33. The van der Waals surface area contributed by atoms with Gasteiger partial charge in [-0.15, -0.1) is 11.3 Å². The molecule has 0 aliphatic rings. The molecule has 3 rings (SSSR count). The summed E-state index contributed by atoms with van der Waals surface area (Å²) < 4.78 is 0. The van der Waals surface area contributed by atoms with E-state index in [0.717, 1.165) is 5.56 Å². The fourth-order valence-electron chi connectivity index (χ4n) is 3.27. The zero-order chi connectivity index (χ0) is 22.2. The van der Waals surface area contributed by atoms with Crippen molar-refractivity contribution in [2.75, 3.05) is 24.6 Å². The number of hydrogen-bond donors (Lipinski definition) is 5. The molecule has 2 amide bonds. The number of nitrogens with zero attached hydrogens (tertiary/aromatic N) is 1. The Hall–Kier alpha value is -3.27. The number of anilines is 2. The van der Waals surface area contributed by atoms with E-state index in [0.29, 0.717) is 34.8 Å². The highest BCUT2D eigenvalue weighted by Crippen LogP contribution is 2.26. The number of nitrogens with one attached hydrogen (secondary N) is 3. The lowest BCUT2D eigenvalue weighted by atomic mass is 9.94. The van der Waals surface area contributed by atoms with Gasteiger partial charge in [0.05, 0.1) is 17.6 Å². The SMILES string of the molecule is CNC(NC(=O)c1cncs1)c1cc(NC(=O)C(CCN)c2ccccc2)ccc1N. The van der Waals surface area contributed by atoms with Crippen LogP contribution in [0, 0.1) is 0 Å². The molecule has 0 aliphatic heterocycles. The van der Waals surface area contributed by atoms with Crippen LogP contribution in [0.5, 0.6) is 0 Å². The molecule has 1 aromatic heterocycles. The number of thiazole rings is 1. The molecule has 31 heavy (non-hydrogen) atoms. The predicted octanol–water partition coefficient (Wildman–Crippen LogP) is 2.44. The second-order valence-corrected chi connectivity index (χ2v) is 7.82. The first-order chi connectivity index (χ1) is 15.0. The van der Waals surface area contributed by atoms with Crippen LogP contribution in [0.15, 0.2) is 60.2 Å². The molecule has 9 heteroatoms. The Morgan fingerprint density at radius 1 is 1.16 bits per heavy atom. The van der Waals surface area contributed by atoms with Crippen molar-refractivity contribution in [3.63, 3.8) is 0 Å². The third kappa shape index (κ3) is 5.66. The molecular weight excluding hydrogens is 412 g/mol. The molecule has 0 saturated heterocycles. The first kappa shape index (κ1) is 22.4. The molecule has 8 nitrogen and oxygen atoms in total. The van der Waals surface area contributed by atoms with Crippen LogP contribution in [0.2, 0.25) is 0 Å². The van der Waals surface area contributed by atoms with Crippen LogP contribution in [0.25, 0.3) is 0 Å². The minimum atomic E-state index is -0.541. The van der Waals surface area contributed by atoms with Crippen molar-refractivity contribution >= 4 is 34.5 Å². The predicted molar refractivity (Wildman–Crippen MR) is 124 cm³/mol. The van der Waals surface area contributed by atoms with E-state index >= 15 is 0 Å². The Labute approximate surface area is 185 Å². The van der Waals surface area contributed by atoms with Gasteiger partial charge in [0, 0.05) is 16.9 Å². The standard InChI is InChI=1S/C22H26N6O2S/c1-25-20(28-22(30)19-12-26-13-31-19)17-11-15(7-8-18(17)24)27-21(29)16(9-10-23)14-5-3-2-4-6-14/h2-8,11-13,16,20,25H,9-10,23-24H2,1H3,(H,27,29)(H,28,30). The van der Waals surface area contributed by atoms with Crippen molar-refractivity contribution in [3.05, 3.63) is 76.2 Å². The third-order valence-electron chi connectivity index (χ3n) is 4.86. The lowest BCUT2D eigenvalue weighted by Gasteiger charge is -2.21. The van der Waals surface area contributed by atoms with Crippen molar-refractivity contribution in [2.45, 2.75) is 18.5 Å². The summed E-state index contributed by atoms with van der Waals surface area (Å²) in [4.78, 5) is 29.8. The molecule has 7 N–H and O–H groups in total. The number of carbonyl (C=O) groups is 2. The van der Waals surface area contributed by atoms with Gasteiger partial charge in [-0.3, -0.25) is 19.9 Å². The van der Waals surface area contributed by atoms with Crippen LogP contribution in [0.4, 0.5) is 11.4 Å². The molecule has 0 radical (unpaired) electrons. The van der Waals surface area contributed by atoms with Crippen LogP contribution in [-0.2, 0) is 4.79 Å². The summed E-state index contributed by atoms with van der Waals surface area (Å²) in [5.74, 6) is -0.775. The summed E-state index contributed by atoms with van der Waals surface area (Å²) >= 11 is 1.25. The molecule has 1 heterocycles. The van der Waals surface area contributed by atoms with Gasteiger partial charge in [-0.2, -0.15) is 0 Å². The molecule has 3 aromatic rings. The summed E-state index contributed by atoms with van der Waals surface area (Å²) in [6.07, 6.45) is 1.50. The van der Waals surface area contributed by atoms with Crippen LogP contribution >= 0.6 is 11.3 Å². The number of rotatable bonds is 9. The maximum absolute atomic E-state index is 13.0. The molecule has 2 atom stereocenters. The first-order valence-electron chi connectivity index (χ1n) is 9.85. The van der Waals surface area contributed by atoms with Crippen molar-refractivity contribution in [2.24, 2.45) is 5.73 Å². The molecule has 0 spiro atoms. The number of hydrogen-bond acceptors (Lipinski definition) is 7. The maximum Gasteiger partial charge on any atom is 0.264 e. The van der Waals surface area contributed by atoms with E-state index in [2.05, 4.69) is 20.9 Å². The van der Waals surface area contributed by atoms with Gasteiger partial charge in [-0.05, 0) is 43.8 Å². The van der Waals surface area contributed by atoms with Crippen LogP contribution in [-0.4, -0.2) is 30.4 Å². The average molecular weight is 439 g/mol. The zero-order valence-corrected chi connectivity index (χ0v) is 18.0. The van der Waals surface area contributed by atoms with Crippen molar-refractivity contribution < 1.29 is 9.59 Å². The molecule has 0 saturated carbocycles. The quantitative estimate of drug-likeness (QED) is 0.257. The van der Waals surface area contributed by atoms with Gasteiger partial charge in [0.25, 0.3) is 5.91 Å². The number of amides is 2. The van der Waals surface area contributed by atoms with Gasteiger partial charge in [0.2, 0.25) is 5.91 Å². The largest absolute Gasteiger partial charge is 0.398 e. The Morgan fingerprint density at radius 3 is 2.58 bits per heavy atom. The second kappa shape index (κ2) is 10.7. The Balaban J connectivity index is 1.79. The van der Waals surface area contributed by atoms with E-state index in [1.54, 1.807) is 30.8 Å². The molecule has 162 valence electrons. The van der Waals surface area contributed by atoms with Gasteiger partial charge < -0.3 is 22.1 Å². The summed E-state index contributed by atoms with van der Waals surface area (Å²) in [5.41, 5.74) is 16.1. The van der Waals surface area contributed by atoms with Crippen LogP contribution < -0.4 is 27.4 Å². The number of benzene rings is 2. The van der Waals surface area contributed by atoms with Crippen molar-refractivity contribution in [3.8, 4) is 0 Å². The monoisotopic (exact) mass is 438 g/mol. The molecular formula is C22H26N6O2S. The van der Waals surface area contributed by atoms with Gasteiger partial charge in [-0.1, -0.05) is 30.3 Å². The minimum Gasteiger partial charge on any atom is -0.398 e. The lowest BCUT2D eigenvalue weighted by molar-refractivity contribution is -0.117. The fourth-order valence-corrected chi connectivity index (χ4v) is 3.79. The van der Waals surface area contributed by atoms with Crippen molar-refractivity contribution in [1.29, 1.82) is 0 Å². The van der Waals surface area contributed by atoms with E-state index in [1.165, 1.54) is 17.5 Å². The van der Waals surface area contributed by atoms with Gasteiger partial charge in [0.15, 0.2) is 0 Å². The molecule has 0 bridgehead atoms. The highest BCUT2D eigenvalue weighted by atomic mass is 32.1. The number of aromatic nitrogens is 1. The second-order valence-electron chi connectivity index (χ2n) is 6.93. The normalized spacial score (nSPS) is 12.7. The minimum absolute atomic E-state index is 0.151. The van der Waals surface area contributed by atoms with E-state index in [1.807, 2.05) is 30.3 Å². The smallest absolute Gasteiger partial charge is 0.264 e. The Bertz CT molecular complexity index is 1010. The highest BCUT2D eigenvalue weighted by Gasteiger charge is 2.22. The number of carbonyl (C=O) groups excluding carboxylic acids is 2.